The van der Waals surface area contributed by atoms with E-state index < -0.39 is 5.97 Å². The van der Waals surface area contributed by atoms with Crippen molar-refractivity contribution in [3.05, 3.63) is 42.0 Å². The van der Waals surface area contributed by atoms with Crippen molar-refractivity contribution in [2.75, 3.05) is 18.0 Å². The van der Waals surface area contributed by atoms with E-state index in [-0.39, 0.29) is 0 Å². The lowest BCUT2D eigenvalue weighted by Gasteiger charge is -2.18. The Balaban J connectivity index is 2.02. The van der Waals surface area contributed by atoms with Crippen LogP contribution in [0.3, 0.4) is 0 Å². The summed E-state index contributed by atoms with van der Waals surface area (Å²) >= 11 is 0. The minimum atomic E-state index is -0.875. The van der Waals surface area contributed by atoms with E-state index in [2.05, 4.69) is 17.0 Å². The van der Waals surface area contributed by atoms with E-state index >= 15 is 0 Å². The van der Waals surface area contributed by atoms with Gasteiger partial charge in [-0.25, -0.2) is 4.79 Å². The van der Waals surface area contributed by atoms with Gasteiger partial charge in [0, 0.05) is 18.8 Å². The van der Waals surface area contributed by atoms with Crippen molar-refractivity contribution >= 4 is 22.4 Å². The van der Waals surface area contributed by atoms with Crippen LogP contribution in [0.25, 0.3) is 10.8 Å². The summed E-state index contributed by atoms with van der Waals surface area (Å²) in [6.45, 7) is 2.25. The molecule has 3 nitrogen and oxygen atoms in total. The minimum Gasteiger partial charge on any atom is -0.478 e. The fourth-order valence-electron chi connectivity index (χ4n) is 2.54. The first kappa shape index (κ1) is 11.1. The van der Waals surface area contributed by atoms with Crippen molar-refractivity contribution in [3.8, 4) is 0 Å². The molecule has 1 fully saturated rings. The molecule has 18 heavy (non-hydrogen) atoms. The summed E-state index contributed by atoms with van der Waals surface area (Å²) in [6, 6.07) is 11.5. The molecule has 1 saturated heterocycles. The number of anilines is 1. The molecule has 0 aromatic heterocycles. The Morgan fingerprint density at radius 2 is 1.67 bits per heavy atom. The zero-order valence-electron chi connectivity index (χ0n) is 10.1. The smallest absolute Gasteiger partial charge is 0.335 e. The van der Waals surface area contributed by atoms with Crippen LogP contribution >= 0.6 is 0 Å². The Morgan fingerprint density at radius 3 is 2.39 bits per heavy atom. The lowest BCUT2D eigenvalue weighted by molar-refractivity contribution is 0.0697. The summed E-state index contributed by atoms with van der Waals surface area (Å²) in [6.07, 6.45) is 2.52. The van der Waals surface area contributed by atoms with Gasteiger partial charge in [0.1, 0.15) is 0 Å². The lowest BCUT2D eigenvalue weighted by Crippen LogP contribution is -2.17. The number of benzene rings is 2. The Morgan fingerprint density at radius 1 is 1.00 bits per heavy atom. The van der Waals surface area contributed by atoms with Crippen molar-refractivity contribution in [1.82, 2.24) is 0 Å². The van der Waals surface area contributed by atoms with E-state index in [1.165, 1.54) is 18.5 Å². The van der Waals surface area contributed by atoms with Crippen molar-refractivity contribution < 1.29 is 9.90 Å². The summed E-state index contributed by atoms with van der Waals surface area (Å²) in [7, 11) is 0. The Hall–Kier alpha value is -2.03. The molecule has 0 atom stereocenters. The highest BCUT2D eigenvalue weighted by molar-refractivity contribution is 5.95. The quantitative estimate of drug-likeness (QED) is 0.878. The molecule has 1 N–H and O–H groups in total. The van der Waals surface area contributed by atoms with Crippen LogP contribution in [0.1, 0.15) is 23.2 Å². The summed E-state index contributed by atoms with van der Waals surface area (Å²) in [5, 5.41) is 11.0. The van der Waals surface area contributed by atoms with Gasteiger partial charge in [-0.2, -0.15) is 0 Å². The third-order valence-corrected chi connectivity index (χ3v) is 3.54. The SMILES string of the molecule is O=C(O)c1ccc2cc(N3CCCC3)ccc2c1. The molecule has 1 heterocycles. The van der Waals surface area contributed by atoms with Gasteiger partial charge in [-0.1, -0.05) is 12.1 Å². The second-order valence-electron chi connectivity index (χ2n) is 4.75. The van der Waals surface area contributed by atoms with Crippen LogP contribution in [0.4, 0.5) is 5.69 Å². The molecule has 2 aromatic carbocycles. The van der Waals surface area contributed by atoms with Gasteiger partial charge in [0.15, 0.2) is 0 Å². The number of carbonyl (C=O) groups is 1. The predicted molar refractivity (Wildman–Crippen MR) is 72.4 cm³/mol. The topological polar surface area (TPSA) is 40.5 Å². The second-order valence-corrected chi connectivity index (χ2v) is 4.75. The van der Waals surface area contributed by atoms with Crippen molar-refractivity contribution in [2.24, 2.45) is 0 Å². The third kappa shape index (κ3) is 1.92. The number of hydrogen-bond donors (Lipinski definition) is 1. The number of carboxylic acid groups (broad SMARTS) is 1. The highest BCUT2D eigenvalue weighted by Crippen LogP contribution is 2.25. The van der Waals surface area contributed by atoms with Crippen molar-refractivity contribution in [2.45, 2.75) is 12.8 Å². The molecule has 1 aliphatic heterocycles. The van der Waals surface area contributed by atoms with Crippen LogP contribution in [-0.4, -0.2) is 24.2 Å². The molecule has 92 valence electrons. The van der Waals surface area contributed by atoms with Crippen LogP contribution in [0.15, 0.2) is 36.4 Å². The maximum Gasteiger partial charge on any atom is 0.335 e. The van der Waals surface area contributed by atoms with E-state index in [9.17, 15) is 4.79 Å². The number of hydrogen-bond acceptors (Lipinski definition) is 2. The number of rotatable bonds is 2. The highest BCUT2D eigenvalue weighted by Gasteiger charge is 2.12. The van der Waals surface area contributed by atoms with Gasteiger partial charge in [0.05, 0.1) is 5.56 Å². The summed E-state index contributed by atoms with van der Waals surface area (Å²) in [4.78, 5) is 13.3. The molecule has 0 amide bonds. The Bertz CT molecular complexity index is 600. The second kappa shape index (κ2) is 4.33. The summed E-state index contributed by atoms with van der Waals surface area (Å²) < 4.78 is 0. The Kier molecular flexibility index (Phi) is 2.67. The van der Waals surface area contributed by atoms with E-state index in [1.807, 2.05) is 12.1 Å². The zero-order valence-corrected chi connectivity index (χ0v) is 10.1. The Labute approximate surface area is 106 Å². The van der Waals surface area contributed by atoms with Crippen LogP contribution in [0.5, 0.6) is 0 Å². The molecule has 0 bridgehead atoms. The number of aromatic carboxylic acids is 1. The molecule has 3 rings (SSSR count). The molecule has 0 unspecified atom stereocenters. The van der Waals surface area contributed by atoms with E-state index in [1.54, 1.807) is 12.1 Å². The molecule has 1 aliphatic rings. The normalized spacial score (nSPS) is 15.2. The predicted octanol–water partition coefficient (Wildman–Crippen LogP) is 3.14. The number of nitrogens with zero attached hydrogens (tertiary/aromatic N) is 1. The first-order valence-electron chi connectivity index (χ1n) is 6.26. The lowest BCUT2D eigenvalue weighted by atomic mass is 10.1. The first-order valence-corrected chi connectivity index (χ1v) is 6.26. The average molecular weight is 241 g/mol. The average Bonchev–Trinajstić information content (AvgIpc) is 2.91. The van der Waals surface area contributed by atoms with Gasteiger partial charge in [0.2, 0.25) is 0 Å². The molecule has 0 spiro atoms. The van der Waals surface area contributed by atoms with E-state index in [0.717, 1.165) is 23.9 Å². The van der Waals surface area contributed by atoms with Crippen LogP contribution in [0.2, 0.25) is 0 Å². The maximum absolute atomic E-state index is 10.9. The molecule has 3 heteroatoms. The van der Waals surface area contributed by atoms with Crippen LogP contribution in [0, 0.1) is 0 Å². The molecule has 0 saturated carbocycles. The third-order valence-electron chi connectivity index (χ3n) is 3.54. The summed E-state index contributed by atoms with van der Waals surface area (Å²) in [5.74, 6) is -0.875. The van der Waals surface area contributed by atoms with Gasteiger partial charge in [-0.3, -0.25) is 0 Å². The summed E-state index contributed by atoms with van der Waals surface area (Å²) in [5.41, 5.74) is 1.58. The van der Waals surface area contributed by atoms with Crippen molar-refractivity contribution in [3.63, 3.8) is 0 Å². The van der Waals surface area contributed by atoms with Gasteiger partial charge >= 0.3 is 5.97 Å². The van der Waals surface area contributed by atoms with Crippen molar-refractivity contribution in [1.29, 1.82) is 0 Å². The van der Waals surface area contributed by atoms with Gasteiger partial charge in [-0.15, -0.1) is 0 Å². The van der Waals surface area contributed by atoms with Crippen LogP contribution < -0.4 is 4.90 Å². The first-order chi connectivity index (χ1) is 8.74. The molecular formula is C15H15NO2. The highest BCUT2D eigenvalue weighted by atomic mass is 16.4. The largest absolute Gasteiger partial charge is 0.478 e. The van der Waals surface area contributed by atoms with Crippen LogP contribution in [-0.2, 0) is 0 Å². The standard InChI is InChI=1S/C15H15NO2/c17-15(18)13-4-3-12-10-14(6-5-11(12)9-13)16-7-1-2-8-16/h3-6,9-10H,1-2,7-8H2,(H,17,18). The maximum atomic E-state index is 10.9. The number of carboxylic acids is 1. The molecule has 0 aliphatic carbocycles. The zero-order chi connectivity index (χ0) is 12.5. The fraction of sp³-hybridized carbons (Fsp3) is 0.267. The van der Waals surface area contributed by atoms with Gasteiger partial charge in [-0.05, 0) is 47.9 Å². The van der Waals surface area contributed by atoms with Gasteiger partial charge < -0.3 is 10.0 Å². The van der Waals surface area contributed by atoms with Gasteiger partial charge in [0.25, 0.3) is 0 Å². The number of fused-ring (bicyclic) bond motifs is 1. The molecular weight excluding hydrogens is 226 g/mol. The van der Waals surface area contributed by atoms with E-state index in [0.29, 0.717) is 5.56 Å². The van der Waals surface area contributed by atoms with E-state index in [4.69, 9.17) is 5.11 Å². The fourth-order valence-corrected chi connectivity index (χ4v) is 2.54. The molecule has 2 aromatic rings. The molecule has 0 radical (unpaired) electrons. The monoisotopic (exact) mass is 241 g/mol. The minimum absolute atomic E-state index is 0.344.